The fraction of sp³-hybridized carbons (Fsp3) is 0.208. The molecule has 0 bridgehead atoms. The Bertz CT molecular complexity index is 5130. The summed E-state index contributed by atoms with van der Waals surface area (Å²) in [5, 5.41) is 4.50. The van der Waals surface area contributed by atoms with E-state index in [9.17, 15) is 0 Å². The maximum atomic E-state index is 4.89. The van der Waals surface area contributed by atoms with Crippen LogP contribution in [0, 0.1) is 42.3 Å². The Balaban J connectivity index is 0.000000181. The maximum absolute atomic E-state index is 4.89. The van der Waals surface area contributed by atoms with Gasteiger partial charge in [0.2, 0.25) is 0 Å². The molecule has 0 aliphatic heterocycles. The standard InChI is InChI=1S/C25H28NSi.2C24H28NSi.3C11H8N.3Ir/c1-27(2,3)25-18-26-24(17-23(25)20-12-7-8-13-20)22-15-9-14-21(16-22)19-10-5-4-6-11-19;1-18(2)14-22-16-23(25-17-24(22)26(3,4)5)21-13-9-12-20(15-21)19-10-7-6-8-11-19;1-6-18(2)22-16-23(25-17-24(22)26(3,4)5)21-14-10-13-20(15-21)19-11-8-7-9-12-19;3*1-2-6-10(7-3-1)11-8-4-5-9-12-11;;;/h4-6,9-11,14,16-18,20H,7-8,12-13H2,1-3H3;6-12,15-18H,14H2,1-5H3;7-13,15-18H,6H2,1-5H3;3*1-6,8-9H;;;/q6*-1;;;. The van der Waals surface area contributed by atoms with Gasteiger partial charge in [-0.2, -0.15) is 0 Å². The molecule has 1 unspecified atom stereocenters. The molecule has 12 heteroatoms. The second kappa shape index (κ2) is 46.7. The zero-order valence-corrected chi connectivity index (χ0v) is 80.5. The van der Waals surface area contributed by atoms with E-state index < -0.39 is 24.2 Å². The molecule has 9 aromatic carbocycles. The van der Waals surface area contributed by atoms with Crippen molar-refractivity contribution in [3.8, 4) is 101 Å². The molecule has 0 saturated heterocycles. The first-order chi connectivity index (χ1) is 55.7. The number of hydrogen-bond acceptors (Lipinski definition) is 6. The van der Waals surface area contributed by atoms with Crippen LogP contribution in [0.15, 0.2) is 328 Å². The van der Waals surface area contributed by atoms with Gasteiger partial charge in [0, 0.05) is 97.5 Å². The van der Waals surface area contributed by atoms with Gasteiger partial charge in [-0.1, -0.05) is 262 Å². The van der Waals surface area contributed by atoms with Gasteiger partial charge in [0.25, 0.3) is 0 Å². The SMILES string of the molecule is CC(C)Cc1cc(-c2[c-]ccc(-c3ccccc3)c2)ncc1[Si](C)(C)C.CCC(C)c1cc(-c2[c-]ccc(-c3ccccc3)c2)ncc1[Si](C)(C)C.C[Si](C)(C)c1cnc(-c2[c-]ccc(-c3ccccc3)c2)cc1C1CCCC1.[Ir].[Ir].[Ir].[c-]1ccccc1-c1ccccn1.[c-]1ccccc1-c1ccccn1.[c-]1ccccc1-c1ccccn1. The minimum Gasteiger partial charge on any atom is -0.305 e. The van der Waals surface area contributed by atoms with Gasteiger partial charge in [-0.25, -0.2) is 0 Å². The van der Waals surface area contributed by atoms with Crippen molar-refractivity contribution in [2.45, 2.75) is 137 Å². The summed E-state index contributed by atoms with van der Waals surface area (Å²) in [5.41, 5.74) is 24.2. The van der Waals surface area contributed by atoms with E-state index in [0.717, 1.165) is 80.4 Å². The van der Waals surface area contributed by atoms with Crippen molar-refractivity contribution in [2.75, 3.05) is 0 Å². The number of rotatable bonds is 17. The number of benzene rings is 9. The summed E-state index contributed by atoms with van der Waals surface area (Å²) >= 11 is 0. The topological polar surface area (TPSA) is 77.3 Å². The summed E-state index contributed by atoms with van der Waals surface area (Å²) in [6.45, 7) is 30.9. The third-order valence-electron chi connectivity index (χ3n) is 20.4. The largest absolute Gasteiger partial charge is 0.305 e. The maximum Gasteiger partial charge on any atom is 0.0799 e. The van der Waals surface area contributed by atoms with Crippen molar-refractivity contribution < 1.29 is 60.3 Å². The van der Waals surface area contributed by atoms with Gasteiger partial charge in [0.05, 0.1) is 24.2 Å². The van der Waals surface area contributed by atoms with E-state index in [1.807, 2.05) is 152 Å². The van der Waals surface area contributed by atoms with Crippen LogP contribution in [0.5, 0.6) is 0 Å². The van der Waals surface area contributed by atoms with Crippen molar-refractivity contribution in [2.24, 2.45) is 5.92 Å². The Morgan fingerprint density at radius 1 is 0.314 bits per heavy atom. The van der Waals surface area contributed by atoms with Gasteiger partial charge in [0.15, 0.2) is 0 Å². The fourth-order valence-corrected chi connectivity index (χ4v) is 18.9. The van der Waals surface area contributed by atoms with Crippen LogP contribution >= 0.6 is 0 Å². The fourth-order valence-electron chi connectivity index (χ4n) is 14.1. The van der Waals surface area contributed by atoms with Crippen LogP contribution in [-0.2, 0) is 66.7 Å². The molecule has 16 rings (SSSR count). The molecule has 0 amide bonds. The van der Waals surface area contributed by atoms with Gasteiger partial charge >= 0.3 is 0 Å². The Labute approximate surface area is 748 Å². The monoisotopic (exact) mass is 2130 g/mol. The second-order valence-corrected chi connectivity index (χ2v) is 47.8. The van der Waals surface area contributed by atoms with Crippen LogP contribution < -0.4 is 15.6 Å². The first kappa shape index (κ1) is 94.0. The molecule has 15 aromatic rings. The van der Waals surface area contributed by atoms with E-state index in [1.165, 1.54) is 85.8 Å². The molecule has 0 spiro atoms. The molecule has 3 radical (unpaired) electrons. The quantitative estimate of drug-likeness (QED) is 0.0668. The molecule has 1 aliphatic rings. The molecule has 6 heterocycles. The average molecular weight is 2130 g/mol. The first-order valence-electron chi connectivity index (χ1n) is 40.5. The summed E-state index contributed by atoms with van der Waals surface area (Å²) in [6, 6.07) is 118. The molecular weight excluding hydrogens is 2020 g/mol. The number of nitrogens with zero attached hydrogens (tertiary/aromatic N) is 6. The van der Waals surface area contributed by atoms with Gasteiger partial charge in [-0.05, 0) is 128 Å². The van der Waals surface area contributed by atoms with Crippen molar-refractivity contribution in [3.05, 3.63) is 381 Å². The van der Waals surface area contributed by atoms with Crippen LogP contribution in [0.1, 0.15) is 88.3 Å². The summed E-state index contributed by atoms with van der Waals surface area (Å²) < 4.78 is 0. The van der Waals surface area contributed by atoms with Gasteiger partial charge < -0.3 is 29.9 Å². The van der Waals surface area contributed by atoms with E-state index >= 15 is 0 Å². The predicted molar refractivity (Wildman–Crippen MR) is 495 cm³/mol. The van der Waals surface area contributed by atoms with Crippen molar-refractivity contribution >= 4 is 39.8 Å². The number of pyridine rings is 6. The zero-order chi connectivity index (χ0) is 81.0. The van der Waals surface area contributed by atoms with E-state index in [2.05, 4.69) is 296 Å². The predicted octanol–water partition coefficient (Wildman–Crippen LogP) is 26.3. The Kier molecular flexibility index (Phi) is 37.2. The summed E-state index contributed by atoms with van der Waals surface area (Å²) in [7, 11) is -4.23. The molecule has 1 saturated carbocycles. The molecule has 1 atom stereocenters. The van der Waals surface area contributed by atoms with E-state index in [4.69, 9.17) is 15.0 Å². The third-order valence-corrected chi connectivity index (χ3v) is 26.5. The van der Waals surface area contributed by atoms with E-state index in [0.29, 0.717) is 17.8 Å². The normalized spacial score (nSPS) is 11.8. The molecule has 6 aromatic heterocycles. The summed E-state index contributed by atoms with van der Waals surface area (Å²) in [6.07, 6.45) is 19.4. The number of aromatic nitrogens is 6. The Morgan fingerprint density at radius 3 is 0.975 bits per heavy atom. The van der Waals surface area contributed by atoms with Crippen LogP contribution in [0.4, 0.5) is 0 Å². The van der Waals surface area contributed by atoms with Crippen molar-refractivity contribution in [1.82, 2.24) is 29.9 Å². The minimum absolute atomic E-state index is 0. The van der Waals surface area contributed by atoms with Crippen molar-refractivity contribution in [3.63, 3.8) is 0 Å². The van der Waals surface area contributed by atoms with Crippen LogP contribution in [0.3, 0.4) is 0 Å². The molecule has 118 heavy (non-hydrogen) atoms. The number of hydrogen-bond donors (Lipinski definition) is 0. The third kappa shape index (κ3) is 27.8. The van der Waals surface area contributed by atoms with E-state index in [-0.39, 0.29) is 60.3 Å². The van der Waals surface area contributed by atoms with Crippen LogP contribution in [0.25, 0.3) is 101 Å². The molecule has 6 nitrogen and oxygen atoms in total. The molecule has 607 valence electrons. The van der Waals surface area contributed by atoms with Crippen LogP contribution in [-0.4, -0.2) is 54.1 Å². The van der Waals surface area contributed by atoms with Crippen molar-refractivity contribution in [1.29, 1.82) is 0 Å². The molecular formula is C106H108Ir3N6Si3-6. The van der Waals surface area contributed by atoms with Crippen LogP contribution in [0.2, 0.25) is 58.9 Å². The Hall–Kier alpha value is -9.52. The first-order valence-corrected chi connectivity index (χ1v) is 51.0. The summed E-state index contributed by atoms with van der Waals surface area (Å²) in [4.78, 5) is 27.2. The Morgan fingerprint density at radius 2 is 0.644 bits per heavy atom. The molecule has 1 aliphatic carbocycles. The van der Waals surface area contributed by atoms with Gasteiger partial charge in [-0.3, -0.25) is 0 Å². The van der Waals surface area contributed by atoms with Gasteiger partial charge in [0.1, 0.15) is 0 Å². The van der Waals surface area contributed by atoms with Gasteiger partial charge in [-0.15, -0.1) is 214 Å². The molecule has 1 fully saturated rings. The molecule has 0 N–H and O–H groups in total. The second-order valence-electron chi connectivity index (χ2n) is 32.7. The average Bonchev–Trinajstić information content (AvgIpc) is 0.909. The summed E-state index contributed by atoms with van der Waals surface area (Å²) in [5.74, 6) is 1.90. The minimum atomic E-state index is -1.42. The van der Waals surface area contributed by atoms with E-state index in [1.54, 1.807) is 24.2 Å². The zero-order valence-electron chi connectivity index (χ0n) is 70.3. The smallest absolute Gasteiger partial charge is 0.0799 e.